The zero-order valence-corrected chi connectivity index (χ0v) is 19.1. The highest BCUT2D eigenvalue weighted by Crippen LogP contribution is 2.35. The zero-order chi connectivity index (χ0) is 22.2. The molecule has 2 aromatic heterocycles. The van der Waals surface area contributed by atoms with Crippen LogP contribution in [0, 0.1) is 5.82 Å². The molecule has 1 fully saturated rings. The van der Waals surface area contributed by atoms with Gasteiger partial charge in [0.2, 0.25) is 0 Å². The molecular formula is C21H24Cl2FN7. The summed E-state index contributed by atoms with van der Waals surface area (Å²) >= 11 is 12.7. The van der Waals surface area contributed by atoms with E-state index in [0.717, 1.165) is 43.3 Å². The van der Waals surface area contributed by atoms with Gasteiger partial charge < -0.3 is 4.90 Å². The monoisotopic (exact) mass is 463 g/mol. The van der Waals surface area contributed by atoms with Crippen molar-refractivity contribution in [3.63, 3.8) is 0 Å². The van der Waals surface area contributed by atoms with Crippen LogP contribution in [0.4, 0.5) is 10.1 Å². The first-order valence-corrected chi connectivity index (χ1v) is 10.8. The van der Waals surface area contributed by atoms with E-state index < -0.39 is 0 Å². The number of hydrogen-bond donors (Lipinski definition) is 0. The lowest BCUT2D eigenvalue weighted by molar-refractivity contribution is 0.191. The number of anilines is 1. The molecule has 7 nitrogen and oxygen atoms in total. The Kier molecular flexibility index (Phi) is 6.14. The third kappa shape index (κ3) is 4.51. The number of tetrazole rings is 1. The van der Waals surface area contributed by atoms with Gasteiger partial charge in [0.15, 0.2) is 5.82 Å². The summed E-state index contributed by atoms with van der Waals surface area (Å²) in [6.45, 7) is 9.07. The number of hydrogen-bond acceptors (Lipinski definition) is 6. The third-order valence-electron chi connectivity index (χ3n) is 5.38. The van der Waals surface area contributed by atoms with E-state index in [1.54, 1.807) is 24.5 Å². The molecule has 0 amide bonds. The van der Waals surface area contributed by atoms with E-state index in [2.05, 4.69) is 51.1 Å². The van der Waals surface area contributed by atoms with Crippen molar-refractivity contribution < 1.29 is 4.39 Å². The highest BCUT2D eigenvalue weighted by atomic mass is 35.5. The normalized spacial score (nSPS) is 16.5. The van der Waals surface area contributed by atoms with Crippen LogP contribution in [0.5, 0.6) is 0 Å². The van der Waals surface area contributed by atoms with Gasteiger partial charge in [-0.25, -0.2) is 9.07 Å². The molecule has 0 bridgehead atoms. The summed E-state index contributed by atoms with van der Waals surface area (Å²) in [5.74, 6) is 0.456. The summed E-state index contributed by atoms with van der Waals surface area (Å²) in [6.07, 6.45) is 3.21. The fraction of sp³-hybridized carbons (Fsp3) is 0.429. The average molecular weight is 464 g/mol. The highest BCUT2D eigenvalue weighted by molar-refractivity contribution is 6.38. The fourth-order valence-electron chi connectivity index (χ4n) is 3.92. The van der Waals surface area contributed by atoms with Crippen LogP contribution in [-0.4, -0.2) is 56.3 Å². The first-order chi connectivity index (χ1) is 14.8. The molecule has 3 heterocycles. The van der Waals surface area contributed by atoms with Crippen molar-refractivity contribution >= 4 is 28.9 Å². The number of halogens is 3. The van der Waals surface area contributed by atoms with Gasteiger partial charge in [-0.15, -0.1) is 5.10 Å². The summed E-state index contributed by atoms with van der Waals surface area (Å²) < 4.78 is 15.5. The largest absolute Gasteiger partial charge is 0.366 e. The third-order valence-corrected chi connectivity index (χ3v) is 5.94. The van der Waals surface area contributed by atoms with E-state index in [9.17, 15) is 4.39 Å². The summed E-state index contributed by atoms with van der Waals surface area (Å²) in [5, 5.41) is 13.6. The van der Waals surface area contributed by atoms with Gasteiger partial charge in [0.05, 0.1) is 27.3 Å². The topological polar surface area (TPSA) is 63.0 Å². The average Bonchev–Trinajstić information content (AvgIpc) is 3.21. The van der Waals surface area contributed by atoms with E-state index >= 15 is 0 Å². The Hall–Kier alpha value is -2.29. The molecule has 164 valence electrons. The minimum absolute atomic E-state index is 0.208. The second kappa shape index (κ2) is 8.68. The zero-order valence-electron chi connectivity index (χ0n) is 17.6. The van der Waals surface area contributed by atoms with E-state index in [4.69, 9.17) is 23.2 Å². The number of aromatic nitrogens is 5. The molecule has 0 radical (unpaired) electrons. The van der Waals surface area contributed by atoms with Crippen LogP contribution in [0.3, 0.4) is 0 Å². The molecule has 1 aliphatic rings. The molecule has 0 aliphatic carbocycles. The van der Waals surface area contributed by atoms with Gasteiger partial charge >= 0.3 is 0 Å². The lowest BCUT2D eigenvalue weighted by atomic mass is 10.0. The van der Waals surface area contributed by atoms with E-state index in [1.165, 1.54) is 12.1 Å². The molecule has 4 rings (SSSR count). The summed E-state index contributed by atoms with van der Waals surface area (Å²) in [6, 6.07) is 6.33. The van der Waals surface area contributed by atoms with Gasteiger partial charge in [0.25, 0.3) is 0 Å². The van der Waals surface area contributed by atoms with E-state index in [1.807, 2.05) is 4.68 Å². The number of rotatable bonds is 4. The minimum atomic E-state index is -0.295. The molecule has 1 unspecified atom stereocenters. The van der Waals surface area contributed by atoms with E-state index in [0.29, 0.717) is 10.0 Å². The van der Waals surface area contributed by atoms with Gasteiger partial charge in [0.1, 0.15) is 5.82 Å². The van der Waals surface area contributed by atoms with Crippen LogP contribution in [0.1, 0.15) is 38.2 Å². The molecule has 1 aromatic carbocycles. The predicted molar refractivity (Wildman–Crippen MR) is 119 cm³/mol. The van der Waals surface area contributed by atoms with Crippen molar-refractivity contribution in [2.45, 2.75) is 32.4 Å². The number of pyridine rings is 1. The van der Waals surface area contributed by atoms with Crippen molar-refractivity contribution in [2.75, 3.05) is 31.1 Å². The Morgan fingerprint density at radius 1 is 0.968 bits per heavy atom. The van der Waals surface area contributed by atoms with Crippen LogP contribution in [0.2, 0.25) is 10.0 Å². The van der Waals surface area contributed by atoms with Gasteiger partial charge in [-0.2, -0.15) is 0 Å². The number of benzene rings is 1. The van der Waals surface area contributed by atoms with Crippen molar-refractivity contribution in [1.82, 2.24) is 30.1 Å². The number of piperazine rings is 1. The van der Waals surface area contributed by atoms with Gasteiger partial charge in [0, 0.05) is 38.6 Å². The van der Waals surface area contributed by atoms with E-state index in [-0.39, 0.29) is 17.4 Å². The lowest BCUT2D eigenvalue weighted by Gasteiger charge is -2.40. The Bertz CT molecular complexity index is 1020. The minimum Gasteiger partial charge on any atom is -0.366 e. The fourth-order valence-corrected chi connectivity index (χ4v) is 4.52. The molecular weight excluding hydrogens is 440 g/mol. The molecule has 1 saturated heterocycles. The number of nitrogens with zero attached hydrogens (tertiary/aromatic N) is 7. The summed E-state index contributed by atoms with van der Waals surface area (Å²) in [7, 11) is 0. The Labute approximate surface area is 190 Å². The summed E-state index contributed by atoms with van der Waals surface area (Å²) in [5.41, 5.74) is 1.45. The van der Waals surface area contributed by atoms with Gasteiger partial charge in [-0.05, 0) is 48.9 Å². The maximum Gasteiger partial charge on any atom is 0.173 e. The predicted octanol–water partition coefficient (Wildman–Crippen LogP) is 4.18. The second-order valence-corrected chi connectivity index (χ2v) is 9.36. The van der Waals surface area contributed by atoms with Crippen molar-refractivity contribution in [1.29, 1.82) is 0 Å². The van der Waals surface area contributed by atoms with Crippen LogP contribution < -0.4 is 4.90 Å². The molecule has 3 aromatic rings. The molecule has 1 aliphatic heterocycles. The van der Waals surface area contributed by atoms with Crippen LogP contribution in [-0.2, 0) is 5.54 Å². The second-order valence-electron chi connectivity index (χ2n) is 8.55. The van der Waals surface area contributed by atoms with Crippen LogP contribution >= 0.6 is 23.2 Å². The maximum atomic E-state index is 13.6. The van der Waals surface area contributed by atoms with Crippen molar-refractivity contribution in [3.05, 3.63) is 63.9 Å². The van der Waals surface area contributed by atoms with Crippen molar-refractivity contribution in [3.8, 4) is 0 Å². The smallest absolute Gasteiger partial charge is 0.173 e. The molecule has 1 atom stereocenters. The first-order valence-electron chi connectivity index (χ1n) is 10.1. The van der Waals surface area contributed by atoms with Crippen LogP contribution in [0.15, 0.2) is 36.7 Å². The Morgan fingerprint density at radius 3 is 2.16 bits per heavy atom. The standard InChI is InChI=1S/C21H24Cl2FN7/c1-21(2,3)31-20(26-27-28-31)18(14-4-6-15(24)7-5-14)29-8-10-30(11-9-29)19-16(22)12-25-13-17(19)23/h4-7,12-13,18H,8-11H2,1-3H3. The Morgan fingerprint density at radius 2 is 1.58 bits per heavy atom. The highest BCUT2D eigenvalue weighted by Gasteiger charge is 2.33. The first kappa shape index (κ1) is 21.9. The quantitative estimate of drug-likeness (QED) is 0.578. The molecule has 0 spiro atoms. The van der Waals surface area contributed by atoms with Crippen molar-refractivity contribution in [2.24, 2.45) is 0 Å². The molecule has 0 N–H and O–H groups in total. The van der Waals surface area contributed by atoms with Gasteiger partial charge in [-0.3, -0.25) is 9.88 Å². The van der Waals surface area contributed by atoms with Crippen LogP contribution in [0.25, 0.3) is 0 Å². The van der Waals surface area contributed by atoms with Gasteiger partial charge in [-0.1, -0.05) is 35.3 Å². The lowest BCUT2D eigenvalue weighted by Crippen LogP contribution is -2.49. The SMILES string of the molecule is CC(C)(C)n1nnnc1C(c1ccc(F)cc1)N1CCN(c2c(Cl)cncc2Cl)CC1. The maximum absolute atomic E-state index is 13.6. The summed E-state index contributed by atoms with van der Waals surface area (Å²) in [4.78, 5) is 8.51. The molecule has 10 heteroatoms. The Balaban J connectivity index is 1.65. The molecule has 0 saturated carbocycles. The molecule has 31 heavy (non-hydrogen) atoms.